The van der Waals surface area contributed by atoms with Gasteiger partial charge in [0.25, 0.3) is 0 Å². The Morgan fingerprint density at radius 2 is 2.14 bits per heavy atom. The van der Waals surface area contributed by atoms with Gasteiger partial charge in [0, 0.05) is 10.6 Å². The molecule has 0 aromatic heterocycles. The lowest BCUT2D eigenvalue weighted by Crippen LogP contribution is -1.98. The lowest BCUT2D eigenvalue weighted by atomic mass is 10.1. The van der Waals surface area contributed by atoms with Gasteiger partial charge in [0.2, 0.25) is 0 Å². The average Bonchev–Trinajstić information content (AvgIpc) is 2.20. The van der Waals surface area contributed by atoms with Crippen molar-refractivity contribution in [1.82, 2.24) is 0 Å². The molecule has 1 aromatic rings. The fourth-order valence-corrected chi connectivity index (χ4v) is 1.65. The summed E-state index contributed by atoms with van der Waals surface area (Å²) in [6.45, 7) is 1.91. The van der Waals surface area contributed by atoms with E-state index in [4.69, 9.17) is 21.7 Å². The second-order valence-corrected chi connectivity index (χ2v) is 4.06. The highest BCUT2D eigenvalue weighted by Gasteiger charge is 2.10. The number of thioether (sulfide) groups is 1. The minimum atomic E-state index is 0.462. The van der Waals surface area contributed by atoms with Crippen molar-refractivity contribution in [2.24, 2.45) is 0 Å². The maximum absolute atomic E-state index is 7.71. The van der Waals surface area contributed by atoms with E-state index in [0.717, 1.165) is 11.1 Å². The minimum Gasteiger partial charge on any atom is -0.496 e. The summed E-state index contributed by atoms with van der Waals surface area (Å²) in [5.74, 6) is 0.700. The molecule has 0 aliphatic rings. The van der Waals surface area contributed by atoms with Crippen molar-refractivity contribution >= 4 is 28.4 Å². The number of halogens is 1. The second-order valence-electron chi connectivity index (χ2n) is 2.83. The number of rotatable bonds is 2. The standard InChI is InChI=1S/C10H12ClNOS/c1-6-4-9(13-2)7(5-8(6)11)10(12)14-3/h4-5,12H,1-3H3. The van der Waals surface area contributed by atoms with Crippen molar-refractivity contribution in [2.45, 2.75) is 6.92 Å². The topological polar surface area (TPSA) is 33.1 Å². The van der Waals surface area contributed by atoms with Gasteiger partial charge in [-0.05, 0) is 30.9 Å². The summed E-state index contributed by atoms with van der Waals surface area (Å²) in [4.78, 5) is 0. The van der Waals surface area contributed by atoms with Crippen molar-refractivity contribution in [1.29, 1.82) is 5.41 Å². The van der Waals surface area contributed by atoms with E-state index in [1.807, 2.05) is 19.2 Å². The molecule has 0 saturated carbocycles. The van der Waals surface area contributed by atoms with Gasteiger partial charge in [0.1, 0.15) is 5.75 Å². The quantitative estimate of drug-likeness (QED) is 0.623. The molecule has 0 bridgehead atoms. The number of aryl methyl sites for hydroxylation is 1. The predicted octanol–water partition coefficient (Wildman–Crippen LogP) is 3.35. The lowest BCUT2D eigenvalue weighted by molar-refractivity contribution is 0.414. The second kappa shape index (κ2) is 4.71. The van der Waals surface area contributed by atoms with Crippen molar-refractivity contribution in [3.8, 4) is 5.75 Å². The summed E-state index contributed by atoms with van der Waals surface area (Å²) in [6, 6.07) is 3.62. The molecule has 0 aliphatic heterocycles. The molecule has 14 heavy (non-hydrogen) atoms. The molecule has 0 aliphatic carbocycles. The van der Waals surface area contributed by atoms with E-state index in [0.29, 0.717) is 15.8 Å². The zero-order valence-corrected chi connectivity index (χ0v) is 9.92. The van der Waals surface area contributed by atoms with Gasteiger partial charge in [-0.15, -0.1) is 11.8 Å². The smallest absolute Gasteiger partial charge is 0.129 e. The Morgan fingerprint density at radius 3 is 2.64 bits per heavy atom. The van der Waals surface area contributed by atoms with E-state index in [2.05, 4.69) is 0 Å². The number of benzene rings is 1. The Labute approximate surface area is 93.1 Å². The van der Waals surface area contributed by atoms with Gasteiger partial charge in [0.15, 0.2) is 0 Å². The fourth-order valence-electron chi connectivity index (χ4n) is 1.11. The highest BCUT2D eigenvalue weighted by molar-refractivity contribution is 8.13. The van der Waals surface area contributed by atoms with Crippen LogP contribution in [0.3, 0.4) is 0 Å². The van der Waals surface area contributed by atoms with Crippen LogP contribution in [0.2, 0.25) is 5.02 Å². The minimum absolute atomic E-state index is 0.462. The molecule has 0 atom stereocenters. The van der Waals surface area contributed by atoms with Gasteiger partial charge in [-0.25, -0.2) is 0 Å². The maximum atomic E-state index is 7.71. The summed E-state index contributed by atoms with van der Waals surface area (Å²) in [5, 5.41) is 8.84. The van der Waals surface area contributed by atoms with E-state index in [1.165, 1.54) is 11.8 Å². The maximum Gasteiger partial charge on any atom is 0.129 e. The fraction of sp³-hybridized carbons (Fsp3) is 0.300. The normalized spacial score (nSPS) is 10.0. The van der Waals surface area contributed by atoms with Crippen LogP contribution in [0.5, 0.6) is 5.75 Å². The lowest BCUT2D eigenvalue weighted by Gasteiger charge is -2.10. The van der Waals surface area contributed by atoms with Gasteiger partial charge < -0.3 is 4.74 Å². The number of hydrogen-bond donors (Lipinski definition) is 1. The van der Waals surface area contributed by atoms with Crippen LogP contribution >= 0.6 is 23.4 Å². The molecular weight excluding hydrogens is 218 g/mol. The van der Waals surface area contributed by atoms with Crippen LogP contribution < -0.4 is 4.74 Å². The van der Waals surface area contributed by atoms with E-state index in [9.17, 15) is 0 Å². The number of hydrogen-bond acceptors (Lipinski definition) is 3. The Bertz CT molecular complexity index is 365. The van der Waals surface area contributed by atoms with Crippen LogP contribution in [0, 0.1) is 12.3 Å². The van der Waals surface area contributed by atoms with Gasteiger partial charge in [-0.2, -0.15) is 0 Å². The number of methoxy groups -OCH3 is 1. The molecule has 0 fully saturated rings. The van der Waals surface area contributed by atoms with Crippen molar-refractivity contribution in [2.75, 3.05) is 13.4 Å². The monoisotopic (exact) mass is 229 g/mol. The summed E-state index contributed by atoms with van der Waals surface area (Å²) < 4.78 is 5.19. The molecule has 0 heterocycles. The molecular formula is C10H12ClNOS. The molecule has 0 unspecified atom stereocenters. The van der Waals surface area contributed by atoms with Gasteiger partial charge in [-0.3, -0.25) is 5.41 Å². The summed E-state index contributed by atoms with van der Waals surface area (Å²) in [5.41, 5.74) is 1.71. The third-order valence-electron chi connectivity index (χ3n) is 1.93. The average molecular weight is 230 g/mol. The van der Waals surface area contributed by atoms with E-state index in [1.54, 1.807) is 13.2 Å². The molecule has 1 rings (SSSR count). The third kappa shape index (κ3) is 2.22. The van der Waals surface area contributed by atoms with Crippen LogP contribution in [0.25, 0.3) is 0 Å². The predicted molar refractivity (Wildman–Crippen MR) is 63.1 cm³/mol. The first-order valence-corrected chi connectivity index (χ1v) is 5.67. The van der Waals surface area contributed by atoms with Crippen LogP contribution in [-0.2, 0) is 0 Å². The van der Waals surface area contributed by atoms with Gasteiger partial charge in [0.05, 0.1) is 12.2 Å². The van der Waals surface area contributed by atoms with Crippen molar-refractivity contribution in [3.05, 3.63) is 28.3 Å². The van der Waals surface area contributed by atoms with Crippen LogP contribution in [-0.4, -0.2) is 18.4 Å². The van der Waals surface area contributed by atoms with Crippen LogP contribution in [0.15, 0.2) is 12.1 Å². The van der Waals surface area contributed by atoms with Crippen molar-refractivity contribution in [3.63, 3.8) is 0 Å². The zero-order chi connectivity index (χ0) is 10.7. The van der Waals surface area contributed by atoms with Gasteiger partial charge in [-0.1, -0.05) is 11.6 Å². The summed E-state index contributed by atoms with van der Waals surface area (Å²) in [6.07, 6.45) is 1.86. The largest absolute Gasteiger partial charge is 0.496 e. The van der Waals surface area contributed by atoms with Gasteiger partial charge >= 0.3 is 0 Å². The summed E-state index contributed by atoms with van der Waals surface area (Å²) >= 11 is 7.35. The number of ether oxygens (including phenoxy) is 1. The highest BCUT2D eigenvalue weighted by Crippen LogP contribution is 2.28. The van der Waals surface area contributed by atoms with Crippen LogP contribution in [0.4, 0.5) is 0 Å². The Morgan fingerprint density at radius 1 is 1.50 bits per heavy atom. The van der Waals surface area contributed by atoms with E-state index < -0.39 is 0 Å². The molecule has 0 spiro atoms. The van der Waals surface area contributed by atoms with Crippen LogP contribution in [0.1, 0.15) is 11.1 Å². The third-order valence-corrected chi connectivity index (χ3v) is 2.96. The first-order chi connectivity index (χ1) is 6.60. The zero-order valence-electron chi connectivity index (χ0n) is 8.35. The molecule has 76 valence electrons. The molecule has 1 N–H and O–H groups in total. The van der Waals surface area contributed by atoms with E-state index >= 15 is 0 Å². The SMILES string of the molecule is COc1cc(C)c(Cl)cc1C(=N)SC. The van der Waals surface area contributed by atoms with Crippen molar-refractivity contribution < 1.29 is 4.74 Å². The van der Waals surface area contributed by atoms with E-state index in [-0.39, 0.29) is 0 Å². The first-order valence-electron chi connectivity index (χ1n) is 4.07. The Kier molecular flexibility index (Phi) is 3.84. The number of nitrogens with one attached hydrogen (secondary N) is 1. The highest BCUT2D eigenvalue weighted by atomic mass is 35.5. The molecule has 2 nitrogen and oxygen atoms in total. The Hall–Kier alpha value is -0.670. The molecule has 0 amide bonds. The first kappa shape index (κ1) is 11.4. The molecule has 0 radical (unpaired) electrons. The molecule has 0 saturated heterocycles. The summed E-state index contributed by atoms with van der Waals surface area (Å²) in [7, 11) is 1.60. The molecule has 4 heteroatoms. The Balaban J connectivity index is 3.27. The molecule has 1 aromatic carbocycles.